The number of nitrogens with one attached hydrogen (secondary N) is 1. The predicted molar refractivity (Wildman–Crippen MR) is 91.5 cm³/mol. The summed E-state index contributed by atoms with van der Waals surface area (Å²) in [5, 5.41) is 3.03. The van der Waals surface area contributed by atoms with E-state index in [9.17, 15) is 9.59 Å². The van der Waals surface area contributed by atoms with E-state index in [0.717, 1.165) is 43.5 Å². The van der Waals surface area contributed by atoms with Gasteiger partial charge in [-0.05, 0) is 50.3 Å². The van der Waals surface area contributed by atoms with Crippen LogP contribution in [0.15, 0.2) is 24.3 Å². The van der Waals surface area contributed by atoms with Crippen LogP contribution < -0.4 is 10.1 Å². The molecule has 1 aliphatic heterocycles. The molecule has 0 spiro atoms. The smallest absolute Gasteiger partial charge is 0.227 e. The SMILES string of the molecule is COc1cccc(CNC(=O)[C@]2(C)CCCN(C(=O)C3CC3)C2)c1. The van der Waals surface area contributed by atoms with Crippen LogP contribution in [0.1, 0.15) is 38.2 Å². The molecule has 2 fully saturated rings. The van der Waals surface area contributed by atoms with Crippen molar-refractivity contribution in [1.82, 2.24) is 10.2 Å². The summed E-state index contributed by atoms with van der Waals surface area (Å²) in [5.74, 6) is 1.26. The van der Waals surface area contributed by atoms with Gasteiger partial charge in [0.25, 0.3) is 0 Å². The topological polar surface area (TPSA) is 58.6 Å². The molecule has 1 N–H and O–H groups in total. The fourth-order valence-corrected chi connectivity index (χ4v) is 3.38. The van der Waals surface area contributed by atoms with Crippen LogP contribution in [0.2, 0.25) is 0 Å². The fraction of sp³-hybridized carbons (Fsp3) is 0.579. The summed E-state index contributed by atoms with van der Waals surface area (Å²) in [6.45, 7) is 3.77. The minimum Gasteiger partial charge on any atom is -0.497 e. The largest absolute Gasteiger partial charge is 0.497 e. The van der Waals surface area contributed by atoms with Crippen molar-refractivity contribution in [2.24, 2.45) is 11.3 Å². The first kappa shape index (κ1) is 16.8. The molecule has 0 bridgehead atoms. The maximum atomic E-state index is 12.7. The van der Waals surface area contributed by atoms with Gasteiger partial charge in [-0.2, -0.15) is 0 Å². The maximum absolute atomic E-state index is 12.7. The fourth-order valence-electron chi connectivity index (χ4n) is 3.38. The van der Waals surface area contributed by atoms with Crippen molar-refractivity contribution in [3.63, 3.8) is 0 Å². The first-order chi connectivity index (χ1) is 11.5. The van der Waals surface area contributed by atoms with Gasteiger partial charge in [0.1, 0.15) is 5.75 Å². The Labute approximate surface area is 143 Å². The number of amides is 2. The van der Waals surface area contributed by atoms with Crippen molar-refractivity contribution < 1.29 is 14.3 Å². The third kappa shape index (κ3) is 3.71. The molecule has 24 heavy (non-hydrogen) atoms. The molecule has 2 amide bonds. The predicted octanol–water partition coefficient (Wildman–Crippen LogP) is 2.35. The highest BCUT2D eigenvalue weighted by Crippen LogP contribution is 2.35. The highest BCUT2D eigenvalue weighted by atomic mass is 16.5. The zero-order valence-electron chi connectivity index (χ0n) is 14.5. The number of ether oxygens (including phenoxy) is 1. The lowest BCUT2D eigenvalue weighted by molar-refractivity contribution is -0.141. The zero-order valence-corrected chi connectivity index (χ0v) is 14.5. The quantitative estimate of drug-likeness (QED) is 0.901. The lowest BCUT2D eigenvalue weighted by Gasteiger charge is -2.39. The molecule has 130 valence electrons. The Morgan fingerprint density at radius 1 is 1.38 bits per heavy atom. The summed E-state index contributed by atoms with van der Waals surface area (Å²) in [4.78, 5) is 26.9. The molecule has 1 aliphatic carbocycles. The third-order valence-electron chi connectivity index (χ3n) is 5.07. The Kier molecular flexibility index (Phi) is 4.78. The van der Waals surface area contributed by atoms with E-state index >= 15 is 0 Å². The molecular weight excluding hydrogens is 304 g/mol. The monoisotopic (exact) mass is 330 g/mol. The van der Waals surface area contributed by atoms with Crippen molar-refractivity contribution >= 4 is 11.8 Å². The number of rotatable bonds is 5. The van der Waals surface area contributed by atoms with E-state index in [2.05, 4.69) is 5.32 Å². The lowest BCUT2D eigenvalue weighted by atomic mass is 9.80. The van der Waals surface area contributed by atoms with E-state index in [0.29, 0.717) is 13.1 Å². The van der Waals surface area contributed by atoms with E-state index in [1.807, 2.05) is 36.1 Å². The molecule has 3 rings (SSSR count). The Bertz CT molecular complexity index is 627. The van der Waals surface area contributed by atoms with Crippen LogP contribution in [0.3, 0.4) is 0 Å². The van der Waals surface area contributed by atoms with Gasteiger partial charge < -0.3 is 15.0 Å². The first-order valence-corrected chi connectivity index (χ1v) is 8.72. The van der Waals surface area contributed by atoms with Gasteiger partial charge in [0, 0.05) is 25.6 Å². The van der Waals surface area contributed by atoms with Crippen LogP contribution in [0, 0.1) is 11.3 Å². The summed E-state index contributed by atoms with van der Waals surface area (Å²) in [7, 11) is 1.63. The van der Waals surface area contributed by atoms with Gasteiger partial charge in [0.15, 0.2) is 0 Å². The van der Waals surface area contributed by atoms with Crippen molar-refractivity contribution in [3.8, 4) is 5.75 Å². The van der Waals surface area contributed by atoms with Gasteiger partial charge >= 0.3 is 0 Å². The van der Waals surface area contributed by atoms with Gasteiger partial charge in [0.05, 0.1) is 12.5 Å². The number of hydrogen-bond acceptors (Lipinski definition) is 3. The number of carbonyl (C=O) groups is 2. The highest BCUT2D eigenvalue weighted by Gasteiger charge is 2.42. The molecule has 2 aliphatic rings. The number of likely N-dealkylation sites (tertiary alicyclic amines) is 1. The summed E-state index contributed by atoms with van der Waals surface area (Å²) >= 11 is 0. The summed E-state index contributed by atoms with van der Waals surface area (Å²) in [6.07, 6.45) is 3.73. The van der Waals surface area contributed by atoms with Crippen molar-refractivity contribution in [1.29, 1.82) is 0 Å². The maximum Gasteiger partial charge on any atom is 0.227 e. The van der Waals surface area contributed by atoms with Crippen LogP contribution in [0.25, 0.3) is 0 Å². The van der Waals surface area contributed by atoms with Gasteiger partial charge in [-0.25, -0.2) is 0 Å². The number of methoxy groups -OCH3 is 1. The van der Waals surface area contributed by atoms with E-state index in [1.165, 1.54) is 0 Å². The van der Waals surface area contributed by atoms with E-state index < -0.39 is 5.41 Å². The van der Waals surface area contributed by atoms with Gasteiger partial charge in [-0.1, -0.05) is 12.1 Å². The second-order valence-corrected chi connectivity index (χ2v) is 7.23. The zero-order chi connectivity index (χ0) is 17.2. The molecule has 0 aromatic heterocycles. The standard InChI is InChI=1S/C19H26N2O3/c1-19(9-4-10-21(13-19)17(22)15-7-8-15)18(23)20-12-14-5-3-6-16(11-14)24-2/h3,5-6,11,15H,4,7-10,12-13H2,1-2H3,(H,20,23)/t19-/m1/s1. The van der Waals surface area contributed by atoms with E-state index in [4.69, 9.17) is 4.74 Å². The van der Waals surface area contributed by atoms with Crippen LogP contribution in [-0.2, 0) is 16.1 Å². The van der Waals surface area contributed by atoms with Crippen molar-refractivity contribution in [2.75, 3.05) is 20.2 Å². The number of benzene rings is 1. The van der Waals surface area contributed by atoms with E-state index in [-0.39, 0.29) is 17.7 Å². The van der Waals surface area contributed by atoms with Gasteiger partial charge in [-0.3, -0.25) is 9.59 Å². The lowest BCUT2D eigenvalue weighted by Crippen LogP contribution is -2.52. The molecule has 1 aromatic rings. The summed E-state index contributed by atoms with van der Waals surface area (Å²) < 4.78 is 5.21. The number of piperidine rings is 1. The molecule has 0 unspecified atom stereocenters. The van der Waals surface area contributed by atoms with Crippen LogP contribution >= 0.6 is 0 Å². The Balaban J connectivity index is 1.59. The van der Waals surface area contributed by atoms with Crippen LogP contribution in [-0.4, -0.2) is 36.9 Å². The second-order valence-electron chi connectivity index (χ2n) is 7.23. The molecule has 1 aromatic carbocycles. The normalized spacial score (nSPS) is 23.7. The molecule has 1 heterocycles. The first-order valence-electron chi connectivity index (χ1n) is 8.72. The number of carbonyl (C=O) groups excluding carboxylic acids is 2. The van der Waals surface area contributed by atoms with Crippen molar-refractivity contribution in [3.05, 3.63) is 29.8 Å². The number of nitrogens with zero attached hydrogens (tertiary/aromatic N) is 1. The Morgan fingerprint density at radius 2 is 2.17 bits per heavy atom. The third-order valence-corrected chi connectivity index (χ3v) is 5.07. The Hall–Kier alpha value is -2.04. The molecule has 1 atom stereocenters. The minimum atomic E-state index is -0.498. The van der Waals surface area contributed by atoms with E-state index in [1.54, 1.807) is 7.11 Å². The average molecular weight is 330 g/mol. The molecule has 5 nitrogen and oxygen atoms in total. The second kappa shape index (κ2) is 6.83. The average Bonchev–Trinajstić information content (AvgIpc) is 3.44. The van der Waals surface area contributed by atoms with Gasteiger partial charge in [-0.15, -0.1) is 0 Å². The number of hydrogen-bond donors (Lipinski definition) is 1. The molecule has 1 saturated carbocycles. The minimum absolute atomic E-state index is 0.0265. The molecule has 0 radical (unpaired) electrons. The molecular formula is C19H26N2O3. The molecule has 5 heteroatoms. The highest BCUT2D eigenvalue weighted by molar-refractivity contribution is 5.85. The van der Waals surface area contributed by atoms with Crippen LogP contribution in [0.4, 0.5) is 0 Å². The molecule has 1 saturated heterocycles. The Morgan fingerprint density at radius 3 is 2.88 bits per heavy atom. The summed E-state index contributed by atoms with van der Waals surface area (Å²) in [5.41, 5.74) is 0.509. The van der Waals surface area contributed by atoms with Gasteiger partial charge in [0.2, 0.25) is 11.8 Å². The van der Waals surface area contributed by atoms with Crippen LogP contribution in [0.5, 0.6) is 5.75 Å². The summed E-state index contributed by atoms with van der Waals surface area (Å²) in [6, 6.07) is 7.69. The van der Waals surface area contributed by atoms with Crippen molar-refractivity contribution in [2.45, 2.75) is 39.2 Å².